The van der Waals surface area contributed by atoms with Crippen LogP contribution in [-0.2, 0) is 4.79 Å². The van der Waals surface area contributed by atoms with Crippen molar-refractivity contribution in [1.82, 2.24) is 15.2 Å². The molecule has 1 aliphatic rings. The van der Waals surface area contributed by atoms with Crippen LogP contribution in [0.4, 0.5) is 0 Å². The average molecular weight is 295 g/mol. The third kappa shape index (κ3) is 4.03. The first kappa shape index (κ1) is 15.0. The zero-order chi connectivity index (χ0) is 14.5. The molecule has 0 unspecified atom stereocenters. The van der Waals surface area contributed by atoms with Crippen LogP contribution in [0.3, 0.4) is 0 Å². The minimum atomic E-state index is -0.113. The molecule has 0 atom stereocenters. The minimum Gasteiger partial charge on any atom is -0.348 e. The Morgan fingerprint density at radius 3 is 2.70 bits per heavy atom. The number of hydrogen-bond donors (Lipinski definition) is 1. The summed E-state index contributed by atoms with van der Waals surface area (Å²) in [7, 11) is 0. The van der Waals surface area contributed by atoms with Gasteiger partial charge in [0.25, 0.3) is 5.91 Å². The van der Waals surface area contributed by atoms with Crippen molar-refractivity contribution in [2.75, 3.05) is 13.1 Å². The largest absolute Gasteiger partial charge is 0.348 e. The van der Waals surface area contributed by atoms with Gasteiger partial charge in [-0.05, 0) is 18.8 Å². The molecular weight excluding hydrogens is 274 g/mol. The van der Waals surface area contributed by atoms with Crippen molar-refractivity contribution in [2.45, 2.75) is 39.2 Å². The van der Waals surface area contributed by atoms with E-state index in [9.17, 15) is 9.59 Å². The molecule has 6 heteroatoms. The normalized spacial score (nSPS) is 16.4. The summed E-state index contributed by atoms with van der Waals surface area (Å²) in [5, 5.41) is 4.74. The van der Waals surface area contributed by atoms with E-state index in [1.54, 1.807) is 10.9 Å². The summed E-state index contributed by atoms with van der Waals surface area (Å²) in [6.07, 6.45) is 2.25. The van der Waals surface area contributed by atoms with E-state index in [4.69, 9.17) is 0 Å². The number of amides is 2. The van der Waals surface area contributed by atoms with E-state index in [1.165, 1.54) is 11.3 Å². The molecule has 2 heterocycles. The van der Waals surface area contributed by atoms with Gasteiger partial charge in [-0.15, -0.1) is 11.3 Å². The molecule has 1 aromatic heterocycles. The lowest BCUT2D eigenvalue weighted by molar-refractivity contribution is -0.133. The predicted molar refractivity (Wildman–Crippen MR) is 78.6 cm³/mol. The summed E-state index contributed by atoms with van der Waals surface area (Å²) in [4.78, 5) is 29.7. The number of carbonyl (C=O) groups excluding carboxylic acids is 2. The summed E-state index contributed by atoms with van der Waals surface area (Å²) in [6.45, 7) is 5.57. The summed E-state index contributed by atoms with van der Waals surface area (Å²) >= 11 is 1.42. The molecule has 20 heavy (non-hydrogen) atoms. The predicted octanol–water partition coefficient (Wildman–Crippen LogP) is 1.91. The van der Waals surface area contributed by atoms with Gasteiger partial charge in [-0.3, -0.25) is 9.59 Å². The lowest BCUT2D eigenvalue weighted by atomic mass is 10.0. The quantitative estimate of drug-likeness (QED) is 0.923. The van der Waals surface area contributed by atoms with Crippen LogP contribution in [0.2, 0.25) is 0 Å². The summed E-state index contributed by atoms with van der Waals surface area (Å²) in [5.74, 6) is 0.507. The molecule has 0 spiro atoms. The van der Waals surface area contributed by atoms with Crippen molar-refractivity contribution in [3.8, 4) is 0 Å². The van der Waals surface area contributed by atoms with Crippen LogP contribution in [0.15, 0.2) is 10.9 Å². The van der Waals surface area contributed by atoms with E-state index >= 15 is 0 Å². The van der Waals surface area contributed by atoms with Crippen molar-refractivity contribution < 1.29 is 9.59 Å². The highest BCUT2D eigenvalue weighted by molar-refractivity contribution is 7.07. The third-order valence-corrected chi connectivity index (χ3v) is 4.02. The van der Waals surface area contributed by atoms with Gasteiger partial charge in [-0.2, -0.15) is 0 Å². The minimum absolute atomic E-state index is 0.113. The SMILES string of the molecule is CC(C)CC(=O)N1CCC(NC(=O)c2cscn2)CC1. The fourth-order valence-corrected chi connectivity index (χ4v) is 2.87. The van der Waals surface area contributed by atoms with Gasteiger partial charge in [-0.1, -0.05) is 13.8 Å². The first-order valence-corrected chi connectivity index (χ1v) is 7.97. The molecule has 0 aromatic carbocycles. The maximum atomic E-state index is 12.0. The molecule has 0 radical (unpaired) electrons. The molecule has 2 amide bonds. The molecule has 2 rings (SSSR count). The van der Waals surface area contributed by atoms with Gasteiger partial charge in [-0.25, -0.2) is 4.98 Å². The van der Waals surface area contributed by atoms with Crippen LogP contribution >= 0.6 is 11.3 Å². The molecule has 0 bridgehead atoms. The van der Waals surface area contributed by atoms with Crippen molar-refractivity contribution >= 4 is 23.2 Å². The Bertz CT molecular complexity index is 451. The Morgan fingerprint density at radius 1 is 1.45 bits per heavy atom. The molecule has 110 valence electrons. The van der Waals surface area contributed by atoms with Crippen LogP contribution in [0.1, 0.15) is 43.6 Å². The molecule has 1 aromatic rings. The smallest absolute Gasteiger partial charge is 0.270 e. The van der Waals surface area contributed by atoms with Gasteiger partial charge in [0.1, 0.15) is 5.69 Å². The van der Waals surface area contributed by atoms with E-state index in [0.29, 0.717) is 18.0 Å². The van der Waals surface area contributed by atoms with Crippen molar-refractivity contribution in [1.29, 1.82) is 0 Å². The van der Waals surface area contributed by atoms with Crippen molar-refractivity contribution in [3.05, 3.63) is 16.6 Å². The Kier molecular flexibility index (Phi) is 5.11. The van der Waals surface area contributed by atoms with Crippen LogP contribution in [0, 0.1) is 5.92 Å². The number of piperidine rings is 1. The number of nitrogens with zero attached hydrogens (tertiary/aromatic N) is 2. The Morgan fingerprint density at radius 2 is 2.15 bits per heavy atom. The van der Waals surface area contributed by atoms with Gasteiger partial charge in [0.2, 0.25) is 5.91 Å². The van der Waals surface area contributed by atoms with Crippen LogP contribution in [0.5, 0.6) is 0 Å². The monoisotopic (exact) mass is 295 g/mol. The second-order valence-corrected chi connectivity index (χ2v) is 6.32. The maximum absolute atomic E-state index is 12.0. The van der Waals surface area contributed by atoms with Crippen LogP contribution in [0.25, 0.3) is 0 Å². The number of nitrogens with one attached hydrogen (secondary N) is 1. The van der Waals surface area contributed by atoms with Gasteiger partial charge in [0.15, 0.2) is 0 Å². The molecule has 1 fully saturated rings. The van der Waals surface area contributed by atoms with E-state index in [-0.39, 0.29) is 17.9 Å². The Hall–Kier alpha value is -1.43. The van der Waals surface area contributed by atoms with Crippen molar-refractivity contribution in [3.63, 3.8) is 0 Å². The number of hydrogen-bond acceptors (Lipinski definition) is 4. The van der Waals surface area contributed by atoms with Gasteiger partial charge in [0.05, 0.1) is 5.51 Å². The number of likely N-dealkylation sites (tertiary alicyclic amines) is 1. The topological polar surface area (TPSA) is 62.3 Å². The summed E-state index contributed by atoms with van der Waals surface area (Å²) in [6, 6.07) is 0.146. The Labute approximate surface area is 123 Å². The molecule has 1 N–H and O–H groups in total. The van der Waals surface area contributed by atoms with E-state index in [2.05, 4.69) is 24.1 Å². The highest BCUT2D eigenvalue weighted by atomic mass is 32.1. The molecular formula is C14H21N3O2S. The molecule has 0 aliphatic carbocycles. The van der Waals surface area contributed by atoms with E-state index < -0.39 is 0 Å². The Balaban J connectivity index is 1.77. The van der Waals surface area contributed by atoms with Gasteiger partial charge >= 0.3 is 0 Å². The molecule has 0 saturated carbocycles. The summed E-state index contributed by atoms with van der Waals surface area (Å²) in [5.41, 5.74) is 2.13. The second kappa shape index (κ2) is 6.83. The van der Waals surface area contributed by atoms with Crippen LogP contribution < -0.4 is 5.32 Å². The fourth-order valence-electron chi connectivity index (χ4n) is 2.34. The molecule has 1 saturated heterocycles. The first-order valence-electron chi connectivity index (χ1n) is 7.03. The number of carbonyl (C=O) groups is 2. The standard InChI is InChI=1S/C14H21N3O2S/c1-10(2)7-13(18)17-5-3-11(4-6-17)16-14(19)12-8-20-9-15-12/h8-11H,3-7H2,1-2H3,(H,16,19). The zero-order valence-corrected chi connectivity index (χ0v) is 12.8. The lowest BCUT2D eigenvalue weighted by Crippen LogP contribution is -2.46. The number of thiazole rings is 1. The molecule has 1 aliphatic heterocycles. The fraction of sp³-hybridized carbons (Fsp3) is 0.643. The number of aromatic nitrogens is 1. The highest BCUT2D eigenvalue weighted by Crippen LogP contribution is 2.14. The van der Waals surface area contributed by atoms with Crippen molar-refractivity contribution in [2.24, 2.45) is 5.92 Å². The van der Waals surface area contributed by atoms with Gasteiger partial charge in [0, 0.05) is 30.9 Å². The van der Waals surface area contributed by atoms with E-state index in [0.717, 1.165) is 25.9 Å². The zero-order valence-electron chi connectivity index (χ0n) is 12.0. The first-order chi connectivity index (χ1) is 9.56. The second-order valence-electron chi connectivity index (χ2n) is 5.60. The molecule has 5 nitrogen and oxygen atoms in total. The summed E-state index contributed by atoms with van der Waals surface area (Å²) < 4.78 is 0. The van der Waals surface area contributed by atoms with Gasteiger partial charge < -0.3 is 10.2 Å². The lowest BCUT2D eigenvalue weighted by Gasteiger charge is -2.32. The maximum Gasteiger partial charge on any atom is 0.270 e. The number of rotatable bonds is 4. The van der Waals surface area contributed by atoms with Crippen LogP contribution in [-0.4, -0.2) is 40.8 Å². The van der Waals surface area contributed by atoms with E-state index in [1.807, 2.05) is 4.90 Å². The third-order valence-electron chi connectivity index (χ3n) is 3.43. The average Bonchev–Trinajstić information content (AvgIpc) is 2.92. The highest BCUT2D eigenvalue weighted by Gasteiger charge is 2.24.